The van der Waals surface area contributed by atoms with Crippen molar-refractivity contribution in [2.75, 3.05) is 0 Å². The molecule has 0 saturated carbocycles. The minimum absolute atomic E-state index is 0.199. The number of hydrogen-bond donors (Lipinski definition) is 0. The number of ether oxygens (including phenoxy) is 2. The second-order valence-corrected chi connectivity index (χ2v) is 8.88. The van der Waals surface area contributed by atoms with Gasteiger partial charge in [-0.25, -0.2) is 0 Å². The molecule has 3 aromatic rings. The summed E-state index contributed by atoms with van der Waals surface area (Å²) in [5, 5.41) is 1.11. The van der Waals surface area contributed by atoms with E-state index in [1.54, 1.807) is 0 Å². The van der Waals surface area contributed by atoms with Crippen LogP contribution in [0.1, 0.15) is 25.0 Å². The zero-order valence-corrected chi connectivity index (χ0v) is 16.5. The van der Waals surface area contributed by atoms with E-state index < -0.39 is 0 Å². The first kappa shape index (κ1) is 18.4. The highest BCUT2D eigenvalue weighted by atomic mass is 28.2. The Morgan fingerprint density at radius 2 is 1.54 bits per heavy atom. The average molecular weight is 361 g/mol. The topological polar surface area (TPSA) is 18.5 Å². The van der Waals surface area contributed by atoms with Crippen LogP contribution in [0.25, 0.3) is 0 Å². The number of hydrogen-bond acceptors (Lipinski definition) is 2. The van der Waals surface area contributed by atoms with Crippen molar-refractivity contribution in [3.8, 4) is 11.5 Å². The third-order valence-corrected chi connectivity index (χ3v) is 5.34. The molecule has 0 unspecified atom stereocenters. The van der Waals surface area contributed by atoms with Gasteiger partial charge in [0.15, 0.2) is 0 Å². The molecule has 0 aliphatic carbocycles. The van der Waals surface area contributed by atoms with Gasteiger partial charge < -0.3 is 9.47 Å². The van der Waals surface area contributed by atoms with E-state index in [1.165, 1.54) is 10.8 Å². The van der Waals surface area contributed by atoms with Gasteiger partial charge in [0.1, 0.15) is 21.0 Å². The highest BCUT2D eigenvalue weighted by Crippen LogP contribution is 2.23. The van der Waals surface area contributed by atoms with Gasteiger partial charge in [0.05, 0.1) is 11.8 Å². The molecule has 0 amide bonds. The van der Waals surface area contributed by atoms with Crippen molar-refractivity contribution in [1.82, 2.24) is 0 Å². The van der Waals surface area contributed by atoms with Gasteiger partial charge in [-0.2, -0.15) is 0 Å². The summed E-state index contributed by atoms with van der Waals surface area (Å²) in [6.07, 6.45) is 0. The molecule has 2 nitrogen and oxygen atoms in total. The smallest absolute Gasteiger partial charge is 0.127 e. The first-order valence-electron chi connectivity index (χ1n) is 8.81. The largest absolute Gasteiger partial charge is 0.457 e. The third kappa shape index (κ3) is 5.58. The molecule has 0 spiro atoms. The zero-order valence-electron chi connectivity index (χ0n) is 15.5. The van der Waals surface area contributed by atoms with Crippen molar-refractivity contribution in [3.05, 3.63) is 90.0 Å². The minimum atomic E-state index is -0.199. The van der Waals surface area contributed by atoms with Gasteiger partial charge in [-0.15, -0.1) is 0 Å². The predicted octanol–water partition coefficient (Wildman–Crippen LogP) is 5.07. The molecule has 0 aromatic heterocycles. The Morgan fingerprint density at radius 3 is 2.27 bits per heavy atom. The van der Waals surface area contributed by atoms with Gasteiger partial charge in [0.25, 0.3) is 0 Å². The fraction of sp³-hybridized carbons (Fsp3) is 0.217. The summed E-state index contributed by atoms with van der Waals surface area (Å²) in [4.78, 5) is 0. The van der Waals surface area contributed by atoms with Crippen molar-refractivity contribution in [1.29, 1.82) is 0 Å². The van der Waals surface area contributed by atoms with Gasteiger partial charge in [0, 0.05) is 0 Å². The van der Waals surface area contributed by atoms with Crippen molar-refractivity contribution in [2.24, 2.45) is 0 Å². The second-order valence-electron chi connectivity index (χ2n) is 6.85. The van der Waals surface area contributed by atoms with Crippen LogP contribution in [-0.4, -0.2) is 14.7 Å². The summed E-state index contributed by atoms with van der Waals surface area (Å²) >= 11 is 0. The van der Waals surface area contributed by atoms with E-state index >= 15 is 0 Å². The number of benzene rings is 3. The van der Waals surface area contributed by atoms with Crippen LogP contribution in [0.3, 0.4) is 0 Å². The molecule has 0 aliphatic heterocycles. The lowest BCUT2D eigenvalue weighted by atomic mass is 10.2. The Bertz CT molecular complexity index is 826. The fourth-order valence-electron chi connectivity index (χ4n) is 2.61. The Balaban J connectivity index is 1.60. The normalized spacial score (nSPS) is 11.3. The minimum Gasteiger partial charge on any atom is -0.457 e. The third-order valence-electron chi connectivity index (χ3n) is 3.97. The van der Waals surface area contributed by atoms with Gasteiger partial charge in [-0.05, 0) is 50.6 Å². The molecular weight excluding hydrogens is 336 g/mol. The Morgan fingerprint density at radius 1 is 0.808 bits per heavy atom. The van der Waals surface area contributed by atoms with Crippen LogP contribution in [0.15, 0.2) is 78.9 Å². The van der Waals surface area contributed by atoms with E-state index in [1.807, 2.05) is 36.4 Å². The lowest BCUT2D eigenvalue weighted by Gasteiger charge is -2.25. The second kappa shape index (κ2) is 8.34. The van der Waals surface area contributed by atoms with Crippen LogP contribution in [0, 0.1) is 6.92 Å². The molecule has 0 atom stereocenters. The van der Waals surface area contributed by atoms with Crippen LogP contribution in [0.4, 0.5) is 0 Å². The maximum atomic E-state index is 6.20. The van der Waals surface area contributed by atoms with E-state index in [9.17, 15) is 0 Å². The molecule has 0 bridgehead atoms. The Kier molecular flexibility index (Phi) is 5.91. The zero-order chi connectivity index (χ0) is 18.4. The van der Waals surface area contributed by atoms with Crippen LogP contribution >= 0.6 is 0 Å². The molecule has 0 heterocycles. The first-order valence-corrected chi connectivity index (χ1v) is 9.81. The van der Waals surface area contributed by atoms with Gasteiger partial charge in [-0.3, -0.25) is 0 Å². The molecule has 0 aliphatic rings. The Hall–Kier alpha value is -2.36. The van der Waals surface area contributed by atoms with E-state index in [2.05, 4.69) is 63.2 Å². The molecule has 26 heavy (non-hydrogen) atoms. The quantitative estimate of drug-likeness (QED) is 0.548. The van der Waals surface area contributed by atoms with Crippen LogP contribution in [-0.2, 0) is 11.3 Å². The van der Waals surface area contributed by atoms with Crippen molar-refractivity contribution in [3.63, 3.8) is 0 Å². The lowest BCUT2D eigenvalue weighted by molar-refractivity contribution is 0.0310. The summed E-state index contributed by atoms with van der Waals surface area (Å²) in [7, 11) is 0.603. The molecule has 3 aromatic carbocycles. The van der Waals surface area contributed by atoms with Crippen LogP contribution in [0.2, 0.25) is 0 Å². The molecule has 132 valence electrons. The molecule has 0 saturated heterocycles. The molecule has 0 fully saturated rings. The average Bonchev–Trinajstić information content (AvgIpc) is 2.63. The molecule has 0 N–H and O–H groups in total. The summed E-state index contributed by atoms with van der Waals surface area (Å²) in [6, 6.07) is 26.7. The first-order chi connectivity index (χ1) is 12.5. The number of aryl methyl sites for hydroxylation is 1. The van der Waals surface area contributed by atoms with Crippen molar-refractivity contribution < 1.29 is 9.47 Å². The molecule has 3 heteroatoms. The van der Waals surface area contributed by atoms with Gasteiger partial charge >= 0.3 is 0 Å². The van der Waals surface area contributed by atoms with Gasteiger partial charge in [-0.1, -0.05) is 65.3 Å². The summed E-state index contributed by atoms with van der Waals surface area (Å²) in [5.74, 6) is 1.68. The highest BCUT2D eigenvalue weighted by Gasteiger charge is 2.20. The van der Waals surface area contributed by atoms with E-state index in [0.717, 1.165) is 17.1 Å². The van der Waals surface area contributed by atoms with E-state index in [-0.39, 0.29) is 5.22 Å². The maximum absolute atomic E-state index is 6.20. The molecule has 2 radical (unpaired) electrons. The lowest BCUT2D eigenvalue weighted by Crippen LogP contribution is -2.39. The van der Waals surface area contributed by atoms with Crippen molar-refractivity contribution >= 4 is 14.7 Å². The maximum Gasteiger partial charge on any atom is 0.127 e. The number of rotatable bonds is 7. The fourth-order valence-corrected chi connectivity index (χ4v) is 3.81. The molecular formula is C23H24O2Si. The summed E-state index contributed by atoms with van der Waals surface area (Å²) < 4.78 is 12.1. The Labute approximate surface area is 158 Å². The summed E-state index contributed by atoms with van der Waals surface area (Å²) in [5.41, 5.74) is 2.33. The molecule has 3 rings (SSSR count). The van der Waals surface area contributed by atoms with Crippen molar-refractivity contribution in [2.45, 2.75) is 32.6 Å². The summed E-state index contributed by atoms with van der Waals surface area (Å²) in [6.45, 7) is 6.92. The standard InChI is InChI=1S/C23H24O2Si/c1-18-12-14-20(15-13-18)25-21-9-7-8-19(16-21)17-24-23(2,3)26-22-10-5-4-6-11-22/h4-16H,17H2,1-3H3. The van der Waals surface area contributed by atoms with E-state index in [4.69, 9.17) is 9.47 Å². The van der Waals surface area contributed by atoms with Crippen LogP contribution < -0.4 is 9.92 Å². The monoisotopic (exact) mass is 360 g/mol. The highest BCUT2D eigenvalue weighted by molar-refractivity contribution is 6.56. The van der Waals surface area contributed by atoms with Gasteiger partial charge in [0.2, 0.25) is 0 Å². The predicted molar refractivity (Wildman–Crippen MR) is 108 cm³/mol. The SMILES string of the molecule is Cc1ccc(Oc2cccc(COC(C)(C)[Si]c3ccccc3)c2)cc1. The van der Waals surface area contributed by atoms with Crippen LogP contribution in [0.5, 0.6) is 11.5 Å². The van der Waals surface area contributed by atoms with E-state index in [0.29, 0.717) is 16.1 Å².